The highest BCUT2D eigenvalue weighted by Gasteiger charge is 2.18. The first-order chi connectivity index (χ1) is 12.9. The van der Waals surface area contributed by atoms with Crippen molar-refractivity contribution in [1.29, 1.82) is 0 Å². The maximum Gasteiger partial charge on any atom is 0.268 e. The molecule has 1 heterocycles. The summed E-state index contributed by atoms with van der Waals surface area (Å²) in [6.45, 7) is 4.43. The first-order valence-electron chi connectivity index (χ1n) is 9.11. The molecule has 5 nitrogen and oxygen atoms in total. The normalized spacial score (nSPS) is 11.6. The van der Waals surface area contributed by atoms with Crippen LogP contribution in [0.2, 0.25) is 0 Å². The quantitative estimate of drug-likeness (QED) is 0.676. The number of rotatable bonds is 7. The molecule has 0 saturated heterocycles. The molecule has 1 aromatic heterocycles. The minimum atomic E-state index is -3.65. The summed E-state index contributed by atoms with van der Waals surface area (Å²) in [5.41, 5.74) is 2.64. The number of fused-ring (bicyclic) bond motifs is 1. The molecule has 0 saturated carbocycles. The number of aryl methyl sites for hydroxylation is 1. The van der Waals surface area contributed by atoms with Crippen molar-refractivity contribution in [1.82, 2.24) is 9.29 Å². The van der Waals surface area contributed by atoms with E-state index in [1.165, 1.54) is 3.97 Å². The molecule has 0 bridgehead atoms. The van der Waals surface area contributed by atoms with Gasteiger partial charge in [0.15, 0.2) is 0 Å². The average molecular weight is 385 g/mol. The van der Waals surface area contributed by atoms with Gasteiger partial charge in [-0.1, -0.05) is 36.8 Å². The Hall–Kier alpha value is -2.60. The summed E-state index contributed by atoms with van der Waals surface area (Å²) < 4.78 is 27.4. The molecule has 0 radical (unpaired) electrons. The van der Waals surface area contributed by atoms with Crippen molar-refractivity contribution >= 4 is 26.8 Å². The Morgan fingerprint density at radius 1 is 1.07 bits per heavy atom. The molecule has 3 rings (SSSR count). The molecule has 0 fully saturated rings. The van der Waals surface area contributed by atoms with E-state index in [4.69, 9.17) is 0 Å². The van der Waals surface area contributed by atoms with E-state index in [9.17, 15) is 13.2 Å². The van der Waals surface area contributed by atoms with Gasteiger partial charge in [0, 0.05) is 24.5 Å². The van der Waals surface area contributed by atoms with E-state index in [2.05, 4.69) is 5.32 Å². The molecular formula is C21H24N2O3S. The van der Waals surface area contributed by atoms with Crippen LogP contribution in [0.15, 0.2) is 59.6 Å². The van der Waals surface area contributed by atoms with E-state index in [1.807, 2.05) is 32.0 Å². The monoisotopic (exact) mass is 384 g/mol. The van der Waals surface area contributed by atoms with Gasteiger partial charge in [0.2, 0.25) is 5.91 Å². The van der Waals surface area contributed by atoms with Gasteiger partial charge in [-0.05, 0) is 49.6 Å². The minimum absolute atomic E-state index is 0.0453. The van der Waals surface area contributed by atoms with E-state index in [0.717, 1.165) is 22.9 Å². The van der Waals surface area contributed by atoms with Gasteiger partial charge in [0.1, 0.15) is 0 Å². The smallest absolute Gasteiger partial charge is 0.268 e. The fourth-order valence-electron chi connectivity index (χ4n) is 3.00. The van der Waals surface area contributed by atoms with Crippen molar-refractivity contribution in [3.8, 4) is 0 Å². The van der Waals surface area contributed by atoms with Crippen LogP contribution in [0.1, 0.15) is 30.9 Å². The minimum Gasteiger partial charge on any atom is -0.356 e. The largest absolute Gasteiger partial charge is 0.356 e. The zero-order valence-electron chi connectivity index (χ0n) is 15.6. The summed E-state index contributed by atoms with van der Waals surface area (Å²) >= 11 is 0. The van der Waals surface area contributed by atoms with Crippen LogP contribution in [0.3, 0.4) is 0 Å². The molecule has 6 heteroatoms. The highest BCUT2D eigenvalue weighted by molar-refractivity contribution is 7.90. The molecule has 1 N–H and O–H groups in total. The number of benzene rings is 2. The van der Waals surface area contributed by atoms with Crippen molar-refractivity contribution in [2.75, 3.05) is 6.54 Å². The molecule has 0 aliphatic rings. The number of hydrogen-bond acceptors (Lipinski definition) is 3. The first-order valence-corrected chi connectivity index (χ1v) is 10.5. The van der Waals surface area contributed by atoms with Crippen molar-refractivity contribution in [3.05, 3.63) is 65.9 Å². The van der Waals surface area contributed by atoms with Gasteiger partial charge in [-0.25, -0.2) is 12.4 Å². The summed E-state index contributed by atoms with van der Waals surface area (Å²) in [6.07, 6.45) is 3.59. The van der Waals surface area contributed by atoms with E-state index < -0.39 is 10.0 Å². The molecule has 0 aliphatic heterocycles. The third kappa shape index (κ3) is 4.22. The lowest BCUT2D eigenvalue weighted by Gasteiger charge is -2.09. The zero-order valence-corrected chi connectivity index (χ0v) is 16.4. The van der Waals surface area contributed by atoms with Gasteiger partial charge in [0.25, 0.3) is 10.0 Å². The number of aromatic nitrogens is 1. The molecule has 27 heavy (non-hydrogen) atoms. The first kappa shape index (κ1) is 19.2. The number of carbonyl (C=O) groups excluding carboxylic acids is 1. The number of nitrogens with one attached hydrogen (secondary N) is 1. The van der Waals surface area contributed by atoms with Crippen LogP contribution in [-0.4, -0.2) is 24.8 Å². The van der Waals surface area contributed by atoms with Crippen LogP contribution < -0.4 is 5.32 Å². The second-order valence-corrected chi connectivity index (χ2v) is 8.49. The zero-order chi connectivity index (χ0) is 19.4. The average Bonchev–Trinajstić information content (AvgIpc) is 3.06. The Morgan fingerprint density at radius 2 is 1.81 bits per heavy atom. The molecule has 0 atom stereocenters. The summed E-state index contributed by atoms with van der Waals surface area (Å²) in [6, 6.07) is 14.4. The fourth-order valence-corrected chi connectivity index (χ4v) is 4.35. The molecule has 142 valence electrons. The second kappa shape index (κ2) is 7.96. The van der Waals surface area contributed by atoms with E-state index >= 15 is 0 Å². The van der Waals surface area contributed by atoms with E-state index in [0.29, 0.717) is 24.9 Å². The number of nitrogens with zero attached hydrogens (tertiary/aromatic N) is 1. The van der Waals surface area contributed by atoms with Crippen LogP contribution >= 0.6 is 0 Å². The summed E-state index contributed by atoms with van der Waals surface area (Å²) in [4.78, 5) is 11.8. The molecule has 0 aliphatic carbocycles. The second-order valence-electron chi connectivity index (χ2n) is 6.67. The lowest BCUT2D eigenvalue weighted by atomic mass is 10.1. The summed E-state index contributed by atoms with van der Waals surface area (Å²) in [5, 5.41) is 3.75. The van der Waals surface area contributed by atoms with Gasteiger partial charge in [-0.15, -0.1) is 0 Å². The van der Waals surface area contributed by atoms with Crippen LogP contribution in [0, 0.1) is 6.92 Å². The molecule has 0 spiro atoms. The van der Waals surface area contributed by atoms with Crippen molar-refractivity contribution in [3.63, 3.8) is 0 Å². The topological polar surface area (TPSA) is 68.2 Å². The Kier molecular flexibility index (Phi) is 5.65. The van der Waals surface area contributed by atoms with Crippen LogP contribution in [0.5, 0.6) is 0 Å². The maximum atomic E-state index is 13.0. The third-order valence-electron chi connectivity index (χ3n) is 4.51. The van der Waals surface area contributed by atoms with Gasteiger partial charge in [0.05, 0.1) is 10.4 Å². The third-order valence-corrected chi connectivity index (χ3v) is 6.22. The standard InChI is InChI=1S/C21H24N2O3S/c1-3-4-21(24)22-13-11-17-7-8-18-12-14-23(20(18)15-17)27(25,26)19-9-5-16(2)6-10-19/h5-10,12,14-15H,3-4,11,13H2,1-2H3,(H,22,24). The molecule has 3 aromatic rings. The predicted octanol–water partition coefficient (Wildman–Crippen LogP) is 3.65. The Balaban J connectivity index is 1.87. The lowest BCUT2D eigenvalue weighted by Crippen LogP contribution is -2.25. The van der Waals surface area contributed by atoms with Gasteiger partial charge >= 0.3 is 0 Å². The van der Waals surface area contributed by atoms with Gasteiger partial charge in [-0.2, -0.15) is 0 Å². The van der Waals surface area contributed by atoms with Crippen molar-refractivity contribution < 1.29 is 13.2 Å². The molecular weight excluding hydrogens is 360 g/mol. The summed E-state index contributed by atoms with van der Waals surface area (Å²) in [7, 11) is -3.65. The fraction of sp³-hybridized carbons (Fsp3) is 0.286. The predicted molar refractivity (Wildman–Crippen MR) is 107 cm³/mol. The molecule has 1 amide bonds. The molecule has 0 unspecified atom stereocenters. The van der Waals surface area contributed by atoms with E-state index in [1.54, 1.807) is 36.5 Å². The van der Waals surface area contributed by atoms with Crippen LogP contribution in [0.25, 0.3) is 10.9 Å². The van der Waals surface area contributed by atoms with Gasteiger partial charge in [-0.3, -0.25) is 4.79 Å². The van der Waals surface area contributed by atoms with Crippen molar-refractivity contribution in [2.45, 2.75) is 38.0 Å². The SMILES string of the molecule is CCCC(=O)NCCc1ccc2ccn(S(=O)(=O)c3ccc(C)cc3)c2c1. The number of carbonyl (C=O) groups is 1. The highest BCUT2D eigenvalue weighted by atomic mass is 32.2. The highest BCUT2D eigenvalue weighted by Crippen LogP contribution is 2.23. The Labute approximate surface area is 160 Å². The van der Waals surface area contributed by atoms with E-state index in [-0.39, 0.29) is 10.8 Å². The van der Waals surface area contributed by atoms with Crippen LogP contribution in [-0.2, 0) is 21.2 Å². The Morgan fingerprint density at radius 3 is 2.52 bits per heavy atom. The molecule has 2 aromatic carbocycles. The Bertz CT molecular complexity index is 1050. The van der Waals surface area contributed by atoms with Gasteiger partial charge < -0.3 is 5.32 Å². The maximum absolute atomic E-state index is 13.0. The number of amides is 1. The lowest BCUT2D eigenvalue weighted by molar-refractivity contribution is -0.121. The number of hydrogen-bond donors (Lipinski definition) is 1. The summed E-state index contributed by atoms with van der Waals surface area (Å²) in [5.74, 6) is 0.0453. The van der Waals surface area contributed by atoms with Crippen LogP contribution in [0.4, 0.5) is 0 Å². The van der Waals surface area contributed by atoms with Crippen molar-refractivity contribution in [2.24, 2.45) is 0 Å².